The van der Waals surface area contributed by atoms with Gasteiger partial charge in [-0.05, 0) is 25.0 Å². The van der Waals surface area contributed by atoms with E-state index in [0.29, 0.717) is 0 Å². The van der Waals surface area contributed by atoms with Crippen molar-refractivity contribution in [1.29, 1.82) is 0 Å². The minimum absolute atomic E-state index is 0.187. The predicted molar refractivity (Wildman–Crippen MR) is 84.2 cm³/mol. The summed E-state index contributed by atoms with van der Waals surface area (Å²) in [5, 5.41) is 3.22. The van der Waals surface area contributed by atoms with E-state index in [-0.39, 0.29) is 5.54 Å². The molecule has 1 aromatic carbocycles. The molecule has 2 N–H and O–H groups in total. The van der Waals surface area contributed by atoms with Gasteiger partial charge in [0.1, 0.15) is 5.01 Å². The van der Waals surface area contributed by atoms with E-state index >= 15 is 0 Å². The van der Waals surface area contributed by atoms with Crippen LogP contribution in [-0.4, -0.2) is 4.98 Å². The third-order valence-corrected chi connectivity index (χ3v) is 5.35. The Labute approximate surface area is 126 Å². The van der Waals surface area contributed by atoms with Gasteiger partial charge in [0.25, 0.3) is 0 Å². The fourth-order valence-corrected chi connectivity index (χ4v) is 4.08. The van der Waals surface area contributed by atoms with Crippen LogP contribution in [0, 0.1) is 0 Å². The molecule has 4 heteroatoms. The van der Waals surface area contributed by atoms with Gasteiger partial charge < -0.3 is 5.73 Å². The van der Waals surface area contributed by atoms with Gasteiger partial charge in [0.05, 0.1) is 11.2 Å². The van der Waals surface area contributed by atoms with E-state index < -0.39 is 0 Å². The van der Waals surface area contributed by atoms with Crippen molar-refractivity contribution in [1.82, 2.24) is 4.98 Å². The number of halogens is 1. The Balaban J connectivity index is 1.91. The summed E-state index contributed by atoms with van der Waals surface area (Å²) in [7, 11) is 0. The topological polar surface area (TPSA) is 38.9 Å². The SMILES string of the molecule is NC1(c2nc(-c3cccc(Br)c3)cs2)CCCCC1. The fourth-order valence-electron chi connectivity index (χ4n) is 2.68. The highest BCUT2D eigenvalue weighted by Gasteiger charge is 2.32. The first-order valence-electron chi connectivity index (χ1n) is 6.68. The maximum Gasteiger partial charge on any atom is 0.113 e. The normalized spacial score (nSPS) is 18.4. The molecule has 1 aromatic heterocycles. The molecule has 3 rings (SSSR count). The Hall–Kier alpha value is -0.710. The smallest absolute Gasteiger partial charge is 0.113 e. The number of aromatic nitrogens is 1. The first kappa shape index (κ1) is 13.3. The van der Waals surface area contributed by atoms with Gasteiger partial charge in [-0.1, -0.05) is 47.3 Å². The Morgan fingerprint density at radius 1 is 1.21 bits per heavy atom. The molecule has 0 spiro atoms. The Morgan fingerprint density at radius 3 is 2.74 bits per heavy atom. The molecule has 1 aliphatic rings. The molecule has 0 radical (unpaired) electrons. The Morgan fingerprint density at radius 2 is 2.00 bits per heavy atom. The van der Waals surface area contributed by atoms with Gasteiger partial charge in [0.2, 0.25) is 0 Å². The summed E-state index contributed by atoms with van der Waals surface area (Å²) in [6.07, 6.45) is 5.89. The average molecular weight is 337 g/mol. The summed E-state index contributed by atoms with van der Waals surface area (Å²) < 4.78 is 1.08. The highest BCUT2D eigenvalue weighted by Crippen LogP contribution is 2.37. The van der Waals surface area contributed by atoms with Crippen molar-refractivity contribution in [2.24, 2.45) is 5.73 Å². The van der Waals surface area contributed by atoms with Crippen molar-refractivity contribution in [3.05, 3.63) is 39.1 Å². The van der Waals surface area contributed by atoms with Crippen LogP contribution in [0.25, 0.3) is 11.3 Å². The number of hydrogen-bond acceptors (Lipinski definition) is 3. The van der Waals surface area contributed by atoms with Crippen LogP contribution in [0.15, 0.2) is 34.1 Å². The van der Waals surface area contributed by atoms with E-state index in [1.165, 1.54) is 19.3 Å². The standard InChI is InChI=1S/C15H17BrN2S/c16-12-6-4-5-11(9-12)13-10-19-14(18-13)15(17)7-2-1-3-8-15/h4-6,9-10H,1-3,7-8,17H2. The molecule has 1 fully saturated rings. The second kappa shape index (κ2) is 5.35. The highest BCUT2D eigenvalue weighted by atomic mass is 79.9. The highest BCUT2D eigenvalue weighted by molar-refractivity contribution is 9.10. The second-order valence-electron chi connectivity index (χ2n) is 5.27. The molecule has 0 atom stereocenters. The van der Waals surface area contributed by atoms with Gasteiger partial charge in [-0.3, -0.25) is 0 Å². The molecule has 0 aliphatic heterocycles. The molecule has 0 unspecified atom stereocenters. The fraction of sp³-hybridized carbons (Fsp3) is 0.400. The van der Waals surface area contributed by atoms with Gasteiger partial charge >= 0.3 is 0 Å². The maximum absolute atomic E-state index is 6.54. The summed E-state index contributed by atoms with van der Waals surface area (Å²) in [6.45, 7) is 0. The molecule has 2 nitrogen and oxygen atoms in total. The molecular formula is C15H17BrN2S. The number of nitrogens with zero attached hydrogens (tertiary/aromatic N) is 1. The van der Waals surface area contributed by atoms with Crippen LogP contribution in [0.4, 0.5) is 0 Å². The lowest BCUT2D eigenvalue weighted by Gasteiger charge is -2.31. The third-order valence-electron chi connectivity index (χ3n) is 3.80. The average Bonchev–Trinajstić information content (AvgIpc) is 2.90. The molecule has 2 aromatic rings. The van der Waals surface area contributed by atoms with Gasteiger partial charge in [-0.25, -0.2) is 4.98 Å². The molecule has 100 valence electrons. The van der Waals surface area contributed by atoms with Gasteiger partial charge in [0, 0.05) is 15.4 Å². The predicted octanol–water partition coefficient (Wildman–Crippen LogP) is 4.69. The molecule has 19 heavy (non-hydrogen) atoms. The Kier molecular flexibility index (Phi) is 3.74. The molecule has 1 heterocycles. The summed E-state index contributed by atoms with van der Waals surface area (Å²) in [4.78, 5) is 4.79. The van der Waals surface area contributed by atoms with Crippen LogP contribution in [0.5, 0.6) is 0 Å². The quantitative estimate of drug-likeness (QED) is 0.863. The zero-order chi connectivity index (χ0) is 13.3. The second-order valence-corrected chi connectivity index (χ2v) is 7.04. The first-order chi connectivity index (χ1) is 9.17. The van der Waals surface area contributed by atoms with Crippen LogP contribution >= 0.6 is 27.3 Å². The molecule has 1 saturated carbocycles. The first-order valence-corrected chi connectivity index (χ1v) is 8.35. The summed E-state index contributed by atoms with van der Waals surface area (Å²) in [6, 6.07) is 8.26. The van der Waals surface area contributed by atoms with Crippen LogP contribution in [0.1, 0.15) is 37.1 Å². The van der Waals surface area contributed by atoms with E-state index in [9.17, 15) is 0 Å². The van der Waals surface area contributed by atoms with Crippen molar-refractivity contribution in [3.63, 3.8) is 0 Å². The lowest BCUT2D eigenvalue weighted by molar-refractivity contribution is 0.301. The van der Waals surface area contributed by atoms with Gasteiger partial charge in [-0.15, -0.1) is 11.3 Å². The summed E-state index contributed by atoms with van der Waals surface area (Å²) in [5.41, 5.74) is 8.54. The summed E-state index contributed by atoms with van der Waals surface area (Å²) in [5.74, 6) is 0. The molecule has 0 bridgehead atoms. The van der Waals surface area contributed by atoms with Crippen molar-refractivity contribution < 1.29 is 0 Å². The molecular weight excluding hydrogens is 320 g/mol. The van der Waals surface area contributed by atoms with Crippen LogP contribution in [-0.2, 0) is 5.54 Å². The van der Waals surface area contributed by atoms with E-state index in [4.69, 9.17) is 10.7 Å². The van der Waals surface area contributed by atoms with E-state index in [1.54, 1.807) is 11.3 Å². The minimum Gasteiger partial charge on any atom is -0.319 e. The molecule has 0 saturated heterocycles. The number of hydrogen-bond donors (Lipinski definition) is 1. The zero-order valence-corrected chi connectivity index (χ0v) is 13.1. The van der Waals surface area contributed by atoms with Crippen molar-refractivity contribution in [3.8, 4) is 11.3 Å². The minimum atomic E-state index is -0.187. The monoisotopic (exact) mass is 336 g/mol. The number of benzene rings is 1. The lowest BCUT2D eigenvalue weighted by Crippen LogP contribution is -2.38. The molecule has 1 aliphatic carbocycles. The van der Waals surface area contributed by atoms with E-state index in [0.717, 1.165) is 33.6 Å². The van der Waals surface area contributed by atoms with Crippen LogP contribution in [0.2, 0.25) is 0 Å². The zero-order valence-electron chi connectivity index (χ0n) is 10.7. The van der Waals surface area contributed by atoms with Crippen molar-refractivity contribution in [2.75, 3.05) is 0 Å². The van der Waals surface area contributed by atoms with E-state index in [1.807, 2.05) is 12.1 Å². The lowest BCUT2D eigenvalue weighted by atomic mass is 9.83. The van der Waals surface area contributed by atoms with E-state index in [2.05, 4.69) is 33.4 Å². The van der Waals surface area contributed by atoms with Crippen molar-refractivity contribution in [2.45, 2.75) is 37.6 Å². The van der Waals surface area contributed by atoms with Gasteiger partial charge in [-0.2, -0.15) is 0 Å². The van der Waals surface area contributed by atoms with Crippen molar-refractivity contribution >= 4 is 27.3 Å². The number of nitrogens with two attached hydrogens (primary N) is 1. The molecule has 0 amide bonds. The van der Waals surface area contributed by atoms with Crippen LogP contribution < -0.4 is 5.73 Å². The number of rotatable bonds is 2. The summed E-state index contributed by atoms with van der Waals surface area (Å²) >= 11 is 5.21. The Bertz CT molecular complexity index is 573. The van der Waals surface area contributed by atoms with Gasteiger partial charge in [0.15, 0.2) is 0 Å². The van der Waals surface area contributed by atoms with Crippen LogP contribution in [0.3, 0.4) is 0 Å². The third kappa shape index (κ3) is 2.76. The largest absolute Gasteiger partial charge is 0.319 e. The maximum atomic E-state index is 6.54. The number of thiazole rings is 1.